The lowest BCUT2D eigenvalue weighted by Gasteiger charge is -2.26. The van der Waals surface area contributed by atoms with E-state index in [1.807, 2.05) is 0 Å². The van der Waals surface area contributed by atoms with Gasteiger partial charge in [0.15, 0.2) is 0 Å². The molecule has 0 spiro atoms. The van der Waals surface area contributed by atoms with E-state index in [1.165, 1.54) is 12.5 Å². The molecule has 0 radical (unpaired) electrons. The molecule has 0 bridgehead atoms. The first-order chi connectivity index (χ1) is 8.39. The van der Waals surface area contributed by atoms with Gasteiger partial charge in [0.1, 0.15) is 5.82 Å². The highest BCUT2D eigenvalue weighted by atomic mass is 79.9. The maximum atomic E-state index is 13.6. The van der Waals surface area contributed by atoms with Crippen molar-refractivity contribution in [1.82, 2.24) is 0 Å². The Balaban J connectivity index is 2.24. The number of benzene rings is 1. The van der Waals surface area contributed by atoms with Crippen molar-refractivity contribution in [3.63, 3.8) is 0 Å². The number of rotatable bonds is 1. The zero-order valence-corrected chi connectivity index (χ0v) is 12.6. The number of nitrogens with zero attached hydrogens (tertiary/aromatic N) is 1. The Hall–Kier alpha value is -0.770. The summed E-state index contributed by atoms with van der Waals surface area (Å²) >= 11 is 3.16. The van der Waals surface area contributed by atoms with Gasteiger partial charge in [0.05, 0.1) is 15.8 Å². The first-order valence-corrected chi connectivity index (χ1v) is 7.18. The Morgan fingerprint density at radius 2 is 2.00 bits per heavy atom. The molecule has 1 saturated heterocycles. The maximum absolute atomic E-state index is 13.6. The van der Waals surface area contributed by atoms with E-state index in [9.17, 15) is 4.39 Å². The molecule has 4 heteroatoms. The topological polar surface area (TPSA) is 29.3 Å². The summed E-state index contributed by atoms with van der Waals surface area (Å²) in [6, 6.07) is 3.19. The van der Waals surface area contributed by atoms with Gasteiger partial charge in [-0.2, -0.15) is 0 Å². The van der Waals surface area contributed by atoms with Gasteiger partial charge < -0.3 is 10.6 Å². The van der Waals surface area contributed by atoms with Crippen LogP contribution in [0.4, 0.5) is 15.8 Å². The van der Waals surface area contributed by atoms with Crippen LogP contribution in [0.5, 0.6) is 0 Å². The lowest BCUT2D eigenvalue weighted by atomic mass is 9.85. The monoisotopic (exact) mass is 314 g/mol. The quantitative estimate of drug-likeness (QED) is 0.788. The Morgan fingerprint density at radius 1 is 1.28 bits per heavy atom. The van der Waals surface area contributed by atoms with Gasteiger partial charge in [-0.25, -0.2) is 4.39 Å². The van der Waals surface area contributed by atoms with Crippen LogP contribution in [0, 0.1) is 11.2 Å². The Bertz CT molecular complexity index is 446. The minimum absolute atomic E-state index is 0.247. The average Bonchev–Trinajstić information content (AvgIpc) is 2.45. The van der Waals surface area contributed by atoms with Crippen molar-refractivity contribution < 1.29 is 4.39 Å². The smallest absolute Gasteiger partial charge is 0.139 e. The largest absolute Gasteiger partial charge is 0.397 e. The van der Waals surface area contributed by atoms with Crippen molar-refractivity contribution in [3.05, 3.63) is 22.4 Å². The molecular formula is C14H20BrFN2. The van der Waals surface area contributed by atoms with Crippen molar-refractivity contribution in [2.75, 3.05) is 23.7 Å². The summed E-state index contributed by atoms with van der Waals surface area (Å²) in [6.07, 6.45) is 3.46. The average molecular weight is 315 g/mol. The normalized spacial score (nSPS) is 19.7. The first kappa shape index (κ1) is 13.7. The number of hydrogen-bond acceptors (Lipinski definition) is 2. The van der Waals surface area contributed by atoms with Crippen molar-refractivity contribution in [1.29, 1.82) is 0 Å². The second-order valence-electron chi connectivity index (χ2n) is 5.83. The van der Waals surface area contributed by atoms with Crippen molar-refractivity contribution in [3.8, 4) is 0 Å². The minimum atomic E-state index is -0.247. The van der Waals surface area contributed by atoms with E-state index in [2.05, 4.69) is 34.7 Å². The molecule has 0 atom stereocenters. The van der Waals surface area contributed by atoms with Crippen LogP contribution in [0.1, 0.15) is 33.1 Å². The van der Waals surface area contributed by atoms with Gasteiger partial charge in [-0.3, -0.25) is 0 Å². The third-order valence-electron chi connectivity index (χ3n) is 3.75. The molecule has 1 fully saturated rings. The predicted octanol–water partition coefficient (Wildman–Crippen LogP) is 4.19. The molecule has 0 aliphatic carbocycles. The standard InChI is InChI=1S/C14H20BrFN2/c1-14(2)4-3-6-18(7-5-14)13-9-11(16)10(15)8-12(13)17/h8-9H,3-7,17H2,1-2H3. The molecule has 0 aromatic heterocycles. The molecule has 2 N–H and O–H groups in total. The van der Waals surface area contributed by atoms with Gasteiger partial charge in [0, 0.05) is 19.2 Å². The Kier molecular flexibility index (Phi) is 3.85. The van der Waals surface area contributed by atoms with Crippen LogP contribution in [0.25, 0.3) is 0 Å². The number of nitrogen functional groups attached to an aromatic ring is 1. The second-order valence-corrected chi connectivity index (χ2v) is 6.68. The highest BCUT2D eigenvalue weighted by molar-refractivity contribution is 9.10. The molecule has 0 unspecified atom stereocenters. The summed E-state index contributed by atoms with van der Waals surface area (Å²) in [5.74, 6) is -0.247. The summed E-state index contributed by atoms with van der Waals surface area (Å²) in [5, 5.41) is 0. The van der Waals surface area contributed by atoms with Crippen LogP contribution in [0.3, 0.4) is 0 Å². The summed E-state index contributed by atoms with van der Waals surface area (Å²) in [4.78, 5) is 2.21. The van der Waals surface area contributed by atoms with E-state index in [0.717, 1.165) is 31.6 Å². The number of nitrogens with two attached hydrogens (primary N) is 1. The van der Waals surface area contributed by atoms with E-state index < -0.39 is 0 Å². The van der Waals surface area contributed by atoms with Gasteiger partial charge >= 0.3 is 0 Å². The van der Waals surface area contributed by atoms with Gasteiger partial charge in [-0.05, 0) is 46.7 Å². The van der Waals surface area contributed by atoms with E-state index in [1.54, 1.807) is 6.07 Å². The fraction of sp³-hybridized carbons (Fsp3) is 0.571. The van der Waals surface area contributed by atoms with Crippen molar-refractivity contribution in [2.45, 2.75) is 33.1 Å². The van der Waals surface area contributed by atoms with Gasteiger partial charge in [-0.1, -0.05) is 13.8 Å². The number of hydrogen-bond donors (Lipinski definition) is 1. The molecular weight excluding hydrogens is 295 g/mol. The van der Waals surface area contributed by atoms with E-state index in [0.29, 0.717) is 15.6 Å². The zero-order chi connectivity index (χ0) is 13.3. The molecule has 100 valence electrons. The molecule has 1 heterocycles. The van der Waals surface area contributed by atoms with Crippen LogP contribution in [0.2, 0.25) is 0 Å². The molecule has 2 rings (SSSR count). The molecule has 18 heavy (non-hydrogen) atoms. The lowest BCUT2D eigenvalue weighted by Crippen LogP contribution is -2.26. The second kappa shape index (κ2) is 5.08. The third kappa shape index (κ3) is 2.97. The van der Waals surface area contributed by atoms with Crippen LogP contribution in [-0.2, 0) is 0 Å². The van der Waals surface area contributed by atoms with E-state index >= 15 is 0 Å². The summed E-state index contributed by atoms with van der Waals surface area (Å²) in [7, 11) is 0. The van der Waals surface area contributed by atoms with Crippen LogP contribution in [0.15, 0.2) is 16.6 Å². The van der Waals surface area contributed by atoms with Crippen molar-refractivity contribution in [2.24, 2.45) is 5.41 Å². The fourth-order valence-corrected chi connectivity index (χ4v) is 2.85. The maximum Gasteiger partial charge on any atom is 0.139 e. The van der Waals surface area contributed by atoms with Crippen LogP contribution in [-0.4, -0.2) is 13.1 Å². The fourth-order valence-electron chi connectivity index (χ4n) is 2.49. The van der Waals surface area contributed by atoms with Gasteiger partial charge in [0.2, 0.25) is 0 Å². The summed E-state index contributed by atoms with van der Waals surface area (Å²) < 4.78 is 14.1. The summed E-state index contributed by atoms with van der Waals surface area (Å²) in [5.41, 5.74) is 7.84. The summed E-state index contributed by atoms with van der Waals surface area (Å²) in [6.45, 7) is 6.48. The SMILES string of the molecule is CC1(C)CCCN(c2cc(F)c(Br)cc2N)CC1. The Labute approximate surface area is 116 Å². The molecule has 2 nitrogen and oxygen atoms in total. The number of anilines is 2. The number of halogens is 2. The van der Waals surface area contributed by atoms with Crippen LogP contribution >= 0.6 is 15.9 Å². The predicted molar refractivity (Wildman–Crippen MR) is 78.4 cm³/mol. The molecule has 1 aromatic rings. The van der Waals surface area contributed by atoms with Crippen LogP contribution < -0.4 is 10.6 Å². The Morgan fingerprint density at radius 3 is 2.72 bits per heavy atom. The van der Waals surface area contributed by atoms with Gasteiger partial charge in [-0.15, -0.1) is 0 Å². The zero-order valence-electron chi connectivity index (χ0n) is 11.0. The highest BCUT2D eigenvalue weighted by Crippen LogP contribution is 2.35. The molecule has 1 aliphatic rings. The van der Waals surface area contributed by atoms with E-state index in [-0.39, 0.29) is 5.82 Å². The lowest BCUT2D eigenvalue weighted by molar-refractivity contribution is 0.325. The third-order valence-corrected chi connectivity index (χ3v) is 4.36. The van der Waals surface area contributed by atoms with E-state index in [4.69, 9.17) is 5.73 Å². The minimum Gasteiger partial charge on any atom is -0.397 e. The van der Waals surface area contributed by atoms with Gasteiger partial charge in [0.25, 0.3) is 0 Å². The molecule has 1 aliphatic heterocycles. The highest BCUT2D eigenvalue weighted by Gasteiger charge is 2.24. The molecule has 1 aromatic carbocycles. The first-order valence-electron chi connectivity index (χ1n) is 6.38. The molecule has 0 amide bonds. The van der Waals surface area contributed by atoms with Crippen molar-refractivity contribution >= 4 is 27.3 Å². The molecule has 0 saturated carbocycles.